The van der Waals surface area contributed by atoms with Gasteiger partial charge in [-0.1, -0.05) is 25.3 Å². The smallest absolute Gasteiger partial charge is 0.211 e. The molecule has 2 rings (SSSR count). The molecule has 0 amide bonds. The summed E-state index contributed by atoms with van der Waals surface area (Å²) in [5, 5.41) is 0. The molecule has 90 valence electrons. The van der Waals surface area contributed by atoms with Crippen LogP contribution < -0.4 is 0 Å². The molecule has 1 fully saturated rings. The van der Waals surface area contributed by atoms with Crippen LogP contribution in [0.4, 0.5) is 5.69 Å². The molecule has 0 unspecified atom stereocenters. The number of hydrogen-bond donors (Lipinski definition) is 0. The standard InChI is InChI=1S/C15H19NO/c1-11-12(2)15(16-10-17)9-8-14(11)13-6-4-3-5-7-13/h8-9,13H,3-7H2,1-2H3. The van der Waals surface area contributed by atoms with E-state index in [0.29, 0.717) is 5.92 Å². The van der Waals surface area contributed by atoms with Gasteiger partial charge in [-0.2, -0.15) is 4.99 Å². The van der Waals surface area contributed by atoms with Crippen molar-refractivity contribution in [2.24, 2.45) is 4.99 Å². The Hall–Kier alpha value is -1.40. The summed E-state index contributed by atoms with van der Waals surface area (Å²) in [7, 11) is 0. The Morgan fingerprint density at radius 1 is 1.12 bits per heavy atom. The number of benzene rings is 1. The average Bonchev–Trinajstić information content (AvgIpc) is 2.36. The molecule has 17 heavy (non-hydrogen) atoms. The average molecular weight is 229 g/mol. The van der Waals surface area contributed by atoms with Gasteiger partial charge in [-0.05, 0) is 55.4 Å². The number of hydrogen-bond acceptors (Lipinski definition) is 2. The van der Waals surface area contributed by atoms with Gasteiger partial charge >= 0.3 is 0 Å². The molecule has 0 heterocycles. The van der Waals surface area contributed by atoms with E-state index in [2.05, 4.69) is 18.0 Å². The Bertz CT molecular complexity index is 452. The predicted molar refractivity (Wildman–Crippen MR) is 69.5 cm³/mol. The van der Waals surface area contributed by atoms with Crippen LogP contribution in [-0.4, -0.2) is 6.08 Å². The van der Waals surface area contributed by atoms with Gasteiger partial charge < -0.3 is 0 Å². The fourth-order valence-electron chi connectivity index (χ4n) is 2.85. The van der Waals surface area contributed by atoms with Gasteiger partial charge in [-0.15, -0.1) is 0 Å². The summed E-state index contributed by atoms with van der Waals surface area (Å²) in [6.07, 6.45) is 8.30. The highest BCUT2D eigenvalue weighted by atomic mass is 16.1. The van der Waals surface area contributed by atoms with Crippen LogP contribution in [0.5, 0.6) is 0 Å². The topological polar surface area (TPSA) is 29.4 Å². The lowest BCUT2D eigenvalue weighted by molar-refractivity contribution is 0.442. The molecule has 0 saturated heterocycles. The van der Waals surface area contributed by atoms with Gasteiger partial charge in [0.25, 0.3) is 0 Å². The van der Waals surface area contributed by atoms with Crippen LogP contribution in [0.3, 0.4) is 0 Å². The minimum Gasteiger partial charge on any atom is -0.211 e. The van der Waals surface area contributed by atoms with Crippen LogP contribution in [-0.2, 0) is 4.79 Å². The molecular weight excluding hydrogens is 210 g/mol. The van der Waals surface area contributed by atoms with E-state index >= 15 is 0 Å². The zero-order valence-electron chi connectivity index (χ0n) is 10.6. The van der Waals surface area contributed by atoms with E-state index in [0.717, 1.165) is 11.3 Å². The zero-order valence-corrected chi connectivity index (χ0v) is 10.6. The largest absolute Gasteiger partial charge is 0.240 e. The second-order valence-corrected chi connectivity index (χ2v) is 4.96. The van der Waals surface area contributed by atoms with E-state index < -0.39 is 0 Å². The summed E-state index contributed by atoms with van der Waals surface area (Å²) in [6.45, 7) is 4.18. The summed E-state index contributed by atoms with van der Waals surface area (Å²) in [5.74, 6) is 0.705. The number of aliphatic imine (C=N–C) groups is 1. The summed E-state index contributed by atoms with van der Waals surface area (Å²) >= 11 is 0. The minimum absolute atomic E-state index is 0.705. The Balaban J connectivity index is 2.35. The van der Waals surface area contributed by atoms with E-state index in [4.69, 9.17) is 0 Å². The molecule has 1 saturated carbocycles. The maximum Gasteiger partial charge on any atom is 0.240 e. The monoisotopic (exact) mass is 229 g/mol. The van der Waals surface area contributed by atoms with Crippen molar-refractivity contribution in [2.75, 3.05) is 0 Å². The van der Waals surface area contributed by atoms with Crippen LogP contribution in [0.25, 0.3) is 0 Å². The third-order valence-corrected chi connectivity index (χ3v) is 4.01. The van der Waals surface area contributed by atoms with Gasteiger partial charge in [0.2, 0.25) is 6.08 Å². The fourth-order valence-corrected chi connectivity index (χ4v) is 2.85. The Labute approximate surface area is 103 Å². The van der Waals surface area contributed by atoms with Gasteiger partial charge in [-0.25, -0.2) is 4.79 Å². The first-order valence-corrected chi connectivity index (χ1v) is 6.42. The van der Waals surface area contributed by atoms with E-state index in [1.54, 1.807) is 6.08 Å². The molecule has 0 N–H and O–H groups in total. The van der Waals surface area contributed by atoms with Crippen LogP contribution >= 0.6 is 0 Å². The highest BCUT2D eigenvalue weighted by molar-refractivity contribution is 5.57. The molecule has 0 atom stereocenters. The lowest BCUT2D eigenvalue weighted by Gasteiger charge is -2.24. The third kappa shape index (κ3) is 2.48. The van der Waals surface area contributed by atoms with Gasteiger partial charge in [0.05, 0.1) is 5.69 Å². The van der Waals surface area contributed by atoms with Gasteiger partial charge in [0.15, 0.2) is 0 Å². The zero-order chi connectivity index (χ0) is 12.3. The summed E-state index contributed by atoms with van der Waals surface area (Å²) in [6, 6.07) is 4.10. The van der Waals surface area contributed by atoms with E-state index in [9.17, 15) is 4.79 Å². The first-order chi connectivity index (χ1) is 8.24. The Kier molecular flexibility index (Phi) is 3.75. The van der Waals surface area contributed by atoms with E-state index in [-0.39, 0.29) is 0 Å². The molecule has 1 aromatic carbocycles. The summed E-state index contributed by atoms with van der Waals surface area (Å²) in [4.78, 5) is 14.1. The molecule has 2 nitrogen and oxygen atoms in total. The van der Waals surface area contributed by atoms with Crippen LogP contribution in [0.1, 0.15) is 54.7 Å². The number of rotatable bonds is 2. The van der Waals surface area contributed by atoms with E-state index in [1.807, 2.05) is 13.0 Å². The second kappa shape index (κ2) is 5.29. The summed E-state index contributed by atoms with van der Waals surface area (Å²) < 4.78 is 0. The quantitative estimate of drug-likeness (QED) is 0.548. The second-order valence-electron chi connectivity index (χ2n) is 4.96. The predicted octanol–water partition coefficient (Wildman–Crippen LogP) is 4.32. The van der Waals surface area contributed by atoms with Crippen molar-refractivity contribution >= 4 is 11.8 Å². The number of nitrogens with zero attached hydrogens (tertiary/aromatic N) is 1. The van der Waals surface area contributed by atoms with Crippen molar-refractivity contribution in [3.05, 3.63) is 28.8 Å². The molecule has 0 spiro atoms. The first kappa shape index (κ1) is 12.1. The van der Waals surface area contributed by atoms with Crippen molar-refractivity contribution < 1.29 is 4.79 Å². The lowest BCUT2D eigenvalue weighted by Crippen LogP contribution is -2.06. The third-order valence-electron chi connectivity index (χ3n) is 4.01. The summed E-state index contributed by atoms with van der Waals surface area (Å²) in [5.41, 5.74) is 4.63. The molecule has 1 aromatic rings. The maximum atomic E-state index is 10.3. The van der Waals surface area contributed by atoms with Crippen molar-refractivity contribution in [2.45, 2.75) is 51.9 Å². The first-order valence-electron chi connectivity index (χ1n) is 6.42. The van der Waals surface area contributed by atoms with E-state index in [1.165, 1.54) is 43.2 Å². The van der Waals surface area contributed by atoms with Gasteiger partial charge in [0.1, 0.15) is 0 Å². The number of isocyanates is 1. The fraction of sp³-hybridized carbons (Fsp3) is 0.533. The Morgan fingerprint density at radius 3 is 2.47 bits per heavy atom. The maximum absolute atomic E-state index is 10.3. The normalized spacial score (nSPS) is 16.6. The molecule has 1 aliphatic rings. The highest BCUT2D eigenvalue weighted by Crippen LogP contribution is 2.37. The molecule has 0 aliphatic heterocycles. The van der Waals surface area contributed by atoms with Crippen molar-refractivity contribution in [3.63, 3.8) is 0 Å². The Morgan fingerprint density at radius 2 is 1.82 bits per heavy atom. The lowest BCUT2D eigenvalue weighted by atomic mass is 9.81. The van der Waals surface area contributed by atoms with Crippen molar-refractivity contribution in [3.8, 4) is 0 Å². The van der Waals surface area contributed by atoms with Crippen LogP contribution in [0.15, 0.2) is 17.1 Å². The molecule has 0 radical (unpaired) electrons. The molecule has 1 aliphatic carbocycles. The minimum atomic E-state index is 0.705. The number of carbonyl (C=O) groups excluding carboxylic acids is 1. The van der Waals surface area contributed by atoms with Crippen molar-refractivity contribution in [1.82, 2.24) is 0 Å². The van der Waals surface area contributed by atoms with Crippen LogP contribution in [0, 0.1) is 13.8 Å². The SMILES string of the molecule is Cc1c(N=C=O)ccc(C2CCCCC2)c1C. The molecule has 2 heteroatoms. The molecule has 0 aromatic heterocycles. The molecular formula is C15H19NO. The van der Waals surface area contributed by atoms with Gasteiger partial charge in [-0.3, -0.25) is 0 Å². The van der Waals surface area contributed by atoms with Crippen LogP contribution in [0.2, 0.25) is 0 Å². The van der Waals surface area contributed by atoms with Crippen molar-refractivity contribution in [1.29, 1.82) is 0 Å². The highest BCUT2D eigenvalue weighted by Gasteiger charge is 2.18. The molecule has 0 bridgehead atoms. The van der Waals surface area contributed by atoms with Gasteiger partial charge in [0, 0.05) is 0 Å².